The molecule has 226 valence electrons. The number of carbonyl (C=O) groups is 2. The normalized spacial score (nSPS) is 12.7. The third kappa shape index (κ3) is 9.58. The zero-order valence-electron chi connectivity index (χ0n) is 24.6. The minimum absolute atomic E-state index is 0.000909. The topological polar surface area (TPSA) is 96.0 Å². The smallest absolute Gasteiger partial charge is 0.243 e. The number of rotatable bonds is 15. The Hall–Kier alpha value is -3.92. The molecule has 2 atom stereocenters. The monoisotopic (exact) mass is 597 g/mol. The molecule has 0 spiro atoms. The van der Waals surface area contributed by atoms with E-state index in [2.05, 4.69) is 5.32 Å². The summed E-state index contributed by atoms with van der Waals surface area (Å²) in [6, 6.07) is 21.1. The van der Waals surface area contributed by atoms with E-state index in [-0.39, 0.29) is 43.8 Å². The first kappa shape index (κ1) is 32.6. The Labute approximate surface area is 248 Å². The van der Waals surface area contributed by atoms with Crippen molar-refractivity contribution in [3.05, 3.63) is 95.8 Å². The highest BCUT2D eigenvalue weighted by atomic mass is 32.2. The molecule has 2 amide bonds. The van der Waals surface area contributed by atoms with Gasteiger partial charge in [0, 0.05) is 32.0 Å². The van der Waals surface area contributed by atoms with Gasteiger partial charge >= 0.3 is 0 Å². The van der Waals surface area contributed by atoms with Gasteiger partial charge in [-0.05, 0) is 67.3 Å². The molecule has 0 aromatic heterocycles. The largest absolute Gasteiger partial charge is 0.497 e. The molecule has 3 aromatic carbocycles. The Balaban J connectivity index is 1.90. The van der Waals surface area contributed by atoms with Crippen LogP contribution in [0.3, 0.4) is 0 Å². The van der Waals surface area contributed by atoms with Crippen LogP contribution >= 0.6 is 0 Å². The van der Waals surface area contributed by atoms with E-state index in [1.54, 1.807) is 12.0 Å². The molecule has 0 bridgehead atoms. The highest BCUT2D eigenvalue weighted by molar-refractivity contribution is 7.92. The van der Waals surface area contributed by atoms with Crippen LogP contribution < -0.4 is 14.4 Å². The SMILES string of the molecule is CC[C@@H](C)NC(=O)[C@H](Cc1ccccc1)N(Cc1cccc(OC)c1)C(=O)CCCN(c1ccc(F)cc1)S(C)(=O)=O. The number of ether oxygens (including phenoxy) is 1. The number of hydrogen-bond donors (Lipinski definition) is 1. The van der Waals surface area contributed by atoms with Crippen LogP contribution in [0, 0.1) is 5.82 Å². The second-order valence-corrected chi connectivity index (χ2v) is 12.2. The molecule has 0 fully saturated rings. The number of anilines is 1. The average molecular weight is 598 g/mol. The van der Waals surface area contributed by atoms with Gasteiger partial charge in [0.2, 0.25) is 21.8 Å². The maximum absolute atomic E-state index is 13.9. The van der Waals surface area contributed by atoms with Crippen LogP contribution in [0.25, 0.3) is 0 Å². The molecule has 1 N–H and O–H groups in total. The third-order valence-electron chi connectivity index (χ3n) is 7.03. The number of hydrogen-bond acceptors (Lipinski definition) is 5. The fraction of sp³-hybridized carbons (Fsp3) is 0.375. The number of nitrogens with one attached hydrogen (secondary N) is 1. The highest BCUT2D eigenvalue weighted by Crippen LogP contribution is 2.22. The molecule has 42 heavy (non-hydrogen) atoms. The predicted octanol–water partition coefficient (Wildman–Crippen LogP) is 4.94. The second kappa shape index (κ2) is 15.3. The van der Waals surface area contributed by atoms with Gasteiger partial charge in [-0.15, -0.1) is 0 Å². The summed E-state index contributed by atoms with van der Waals surface area (Å²) < 4.78 is 45.1. The molecule has 0 saturated heterocycles. The summed E-state index contributed by atoms with van der Waals surface area (Å²) in [4.78, 5) is 29.1. The van der Waals surface area contributed by atoms with Crippen LogP contribution in [0.5, 0.6) is 5.75 Å². The van der Waals surface area contributed by atoms with Crippen molar-refractivity contribution in [2.24, 2.45) is 0 Å². The molecule has 8 nitrogen and oxygen atoms in total. The standard InChI is InChI=1S/C32H40FN3O5S/c1-5-24(2)34-32(38)30(22-25-11-7-6-8-12-25)35(23-26-13-9-14-29(21-26)41-3)31(37)15-10-20-36(42(4,39)40)28-18-16-27(33)17-19-28/h6-9,11-14,16-19,21,24,30H,5,10,15,20,22-23H2,1-4H3,(H,34,38)/t24-,30+/m1/s1. The van der Waals surface area contributed by atoms with Gasteiger partial charge in [0.25, 0.3) is 0 Å². The number of methoxy groups -OCH3 is 1. The lowest BCUT2D eigenvalue weighted by molar-refractivity contribution is -0.141. The Morgan fingerprint density at radius 1 is 0.976 bits per heavy atom. The Kier molecular flexibility index (Phi) is 11.9. The average Bonchev–Trinajstić information content (AvgIpc) is 2.97. The summed E-state index contributed by atoms with van der Waals surface area (Å²) in [5.41, 5.74) is 2.01. The molecule has 0 aliphatic heterocycles. The first-order valence-corrected chi connectivity index (χ1v) is 15.9. The maximum atomic E-state index is 13.9. The van der Waals surface area contributed by atoms with Crippen molar-refractivity contribution >= 4 is 27.5 Å². The molecular formula is C32H40FN3O5S. The molecule has 0 radical (unpaired) electrons. The van der Waals surface area contributed by atoms with Crippen LogP contribution in [0.15, 0.2) is 78.9 Å². The minimum atomic E-state index is -3.68. The Bertz CT molecular complexity index is 1420. The van der Waals surface area contributed by atoms with Crippen LogP contribution in [0.1, 0.15) is 44.2 Å². The molecule has 3 aromatic rings. The minimum Gasteiger partial charge on any atom is -0.497 e. The van der Waals surface area contributed by atoms with E-state index in [9.17, 15) is 22.4 Å². The molecule has 0 heterocycles. The van der Waals surface area contributed by atoms with E-state index in [4.69, 9.17) is 4.74 Å². The van der Waals surface area contributed by atoms with Crippen molar-refractivity contribution in [2.45, 2.75) is 58.2 Å². The predicted molar refractivity (Wildman–Crippen MR) is 163 cm³/mol. The molecule has 10 heteroatoms. The molecule has 3 rings (SSSR count). The summed E-state index contributed by atoms with van der Waals surface area (Å²) >= 11 is 0. The lowest BCUT2D eigenvalue weighted by atomic mass is 10.0. The van der Waals surface area contributed by atoms with Gasteiger partial charge in [-0.2, -0.15) is 0 Å². The fourth-order valence-corrected chi connectivity index (χ4v) is 5.54. The van der Waals surface area contributed by atoms with E-state index in [0.717, 1.165) is 28.1 Å². The van der Waals surface area contributed by atoms with Gasteiger partial charge in [0.15, 0.2) is 0 Å². The van der Waals surface area contributed by atoms with Gasteiger partial charge in [-0.3, -0.25) is 13.9 Å². The zero-order valence-corrected chi connectivity index (χ0v) is 25.4. The third-order valence-corrected chi connectivity index (χ3v) is 8.22. The van der Waals surface area contributed by atoms with E-state index in [1.165, 1.54) is 24.3 Å². The zero-order chi connectivity index (χ0) is 30.7. The number of amides is 2. The van der Waals surface area contributed by atoms with Crippen LogP contribution in [0.4, 0.5) is 10.1 Å². The van der Waals surface area contributed by atoms with E-state index < -0.39 is 21.9 Å². The van der Waals surface area contributed by atoms with Crippen molar-refractivity contribution in [3.8, 4) is 5.75 Å². The summed E-state index contributed by atoms with van der Waals surface area (Å²) in [5, 5.41) is 3.04. The van der Waals surface area contributed by atoms with Crippen molar-refractivity contribution < 1.29 is 27.1 Å². The van der Waals surface area contributed by atoms with E-state index in [1.807, 2.05) is 68.4 Å². The van der Waals surface area contributed by atoms with Crippen LogP contribution in [0.2, 0.25) is 0 Å². The molecule has 0 aliphatic rings. The van der Waals surface area contributed by atoms with Gasteiger partial charge < -0.3 is 15.0 Å². The van der Waals surface area contributed by atoms with Crippen LogP contribution in [-0.4, -0.2) is 57.1 Å². The van der Waals surface area contributed by atoms with Gasteiger partial charge in [0.05, 0.1) is 19.1 Å². The molecular weight excluding hydrogens is 557 g/mol. The first-order chi connectivity index (χ1) is 20.0. The lowest BCUT2D eigenvalue weighted by Crippen LogP contribution is -2.52. The first-order valence-electron chi connectivity index (χ1n) is 14.0. The Morgan fingerprint density at radius 2 is 1.64 bits per heavy atom. The summed E-state index contributed by atoms with van der Waals surface area (Å²) in [7, 11) is -2.12. The summed E-state index contributed by atoms with van der Waals surface area (Å²) in [6.45, 7) is 4.08. The number of halogens is 1. The number of carbonyl (C=O) groups excluding carboxylic acids is 2. The summed E-state index contributed by atoms with van der Waals surface area (Å²) in [5.74, 6) is -0.388. The van der Waals surface area contributed by atoms with E-state index in [0.29, 0.717) is 17.9 Å². The summed E-state index contributed by atoms with van der Waals surface area (Å²) in [6.07, 6.45) is 2.31. The molecule has 0 unspecified atom stereocenters. The van der Waals surface area contributed by atoms with Crippen molar-refractivity contribution in [2.75, 3.05) is 24.2 Å². The van der Waals surface area contributed by atoms with Gasteiger partial charge in [0.1, 0.15) is 17.6 Å². The van der Waals surface area contributed by atoms with Crippen molar-refractivity contribution in [1.29, 1.82) is 0 Å². The highest BCUT2D eigenvalue weighted by Gasteiger charge is 2.31. The second-order valence-electron chi connectivity index (χ2n) is 10.3. The van der Waals surface area contributed by atoms with E-state index >= 15 is 0 Å². The van der Waals surface area contributed by atoms with Gasteiger partial charge in [-0.25, -0.2) is 12.8 Å². The molecule has 0 saturated carbocycles. The maximum Gasteiger partial charge on any atom is 0.243 e. The van der Waals surface area contributed by atoms with Crippen molar-refractivity contribution in [3.63, 3.8) is 0 Å². The number of sulfonamides is 1. The molecule has 0 aliphatic carbocycles. The quantitative estimate of drug-likeness (QED) is 0.268. The lowest BCUT2D eigenvalue weighted by Gasteiger charge is -2.33. The number of nitrogens with zero attached hydrogens (tertiary/aromatic N) is 2. The van der Waals surface area contributed by atoms with Crippen LogP contribution in [-0.2, 0) is 32.6 Å². The Morgan fingerprint density at radius 3 is 2.26 bits per heavy atom. The fourth-order valence-electron chi connectivity index (χ4n) is 4.57. The van der Waals surface area contributed by atoms with Crippen molar-refractivity contribution in [1.82, 2.24) is 10.2 Å². The van der Waals surface area contributed by atoms with Gasteiger partial charge in [-0.1, -0.05) is 49.4 Å². The number of benzene rings is 3.